The third-order valence-electron chi connectivity index (χ3n) is 6.43. The summed E-state index contributed by atoms with van der Waals surface area (Å²) < 4.78 is 80.2. The molecule has 0 N–H and O–H groups in total. The summed E-state index contributed by atoms with van der Waals surface area (Å²) in [5.41, 5.74) is 1.67. The topological polar surface area (TPSA) is 45.7 Å². The fourth-order valence-electron chi connectivity index (χ4n) is 4.70. The van der Waals surface area contributed by atoms with Crippen LogP contribution in [0.4, 0.5) is 31.1 Å². The number of benzene rings is 1. The summed E-state index contributed by atoms with van der Waals surface area (Å²) in [6.07, 6.45) is -14.5. The highest BCUT2D eigenvalue weighted by atomic mass is 32.1. The van der Waals surface area contributed by atoms with Crippen molar-refractivity contribution in [2.45, 2.75) is 56.2 Å². The molecule has 0 aliphatic carbocycles. The summed E-state index contributed by atoms with van der Waals surface area (Å²) in [7, 11) is 0. The molecule has 12 heteroatoms. The van der Waals surface area contributed by atoms with Gasteiger partial charge in [-0.1, -0.05) is 30.3 Å². The zero-order chi connectivity index (χ0) is 24.6. The van der Waals surface area contributed by atoms with Gasteiger partial charge in [0.15, 0.2) is 0 Å². The van der Waals surface area contributed by atoms with Crippen LogP contribution in [0.15, 0.2) is 35.7 Å². The lowest BCUT2D eigenvalue weighted by atomic mass is 9.85. The highest BCUT2D eigenvalue weighted by Gasteiger charge is 2.60. The molecule has 0 saturated carbocycles. The molecular formula is C22H23F6N3O2S. The smallest absolute Gasteiger partial charge is 0.426 e. The quantitative estimate of drug-likeness (QED) is 0.486. The second kappa shape index (κ2) is 9.37. The van der Waals surface area contributed by atoms with Gasteiger partial charge in [0.25, 0.3) is 6.10 Å². The lowest BCUT2D eigenvalue weighted by Gasteiger charge is -2.44. The van der Waals surface area contributed by atoms with Gasteiger partial charge in [-0.25, -0.2) is 9.78 Å². The fourth-order valence-corrected chi connectivity index (χ4v) is 5.51. The van der Waals surface area contributed by atoms with E-state index in [0.717, 1.165) is 40.6 Å². The first kappa shape index (κ1) is 24.8. The van der Waals surface area contributed by atoms with Gasteiger partial charge in [-0.3, -0.25) is 4.90 Å². The van der Waals surface area contributed by atoms with E-state index in [-0.39, 0.29) is 18.6 Å². The van der Waals surface area contributed by atoms with Crippen molar-refractivity contribution in [3.8, 4) is 10.6 Å². The van der Waals surface area contributed by atoms with Crippen molar-refractivity contribution in [2.24, 2.45) is 0 Å². The summed E-state index contributed by atoms with van der Waals surface area (Å²) in [5, 5.41) is 2.90. The Morgan fingerprint density at radius 2 is 1.68 bits per heavy atom. The maximum atomic E-state index is 12.7. The van der Waals surface area contributed by atoms with Gasteiger partial charge in [0.05, 0.1) is 5.69 Å². The lowest BCUT2D eigenvalue weighted by Crippen LogP contribution is -2.54. The lowest BCUT2D eigenvalue weighted by molar-refractivity contribution is -0.308. The van der Waals surface area contributed by atoms with Crippen LogP contribution in [0.5, 0.6) is 0 Å². The van der Waals surface area contributed by atoms with E-state index in [9.17, 15) is 31.1 Å². The van der Waals surface area contributed by atoms with Crippen LogP contribution in [0.25, 0.3) is 10.6 Å². The minimum atomic E-state index is -5.72. The van der Waals surface area contributed by atoms with E-state index in [1.54, 1.807) is 11.3 Å². The number of aromatic nitrogens is 1. The largest absolute Gasteiger partial charge is 0.434 e. The van der Waals surface area contributed by atoms with Crippen molar-refractivity contribution in [1.29, 1.82) is 0 Å². The van der Waals surface area contributed by atoms with Crippen LogP contribution < -0.4 is 0 Å². The monoisotopic (exact) mass is 507 g/mol. The predicted octanol–water partition coefficient (Wildman–Crippen LogP) is 5.87. The molecule has 2 aliphatic rings. The standard InChI is InChI=1S/C22H23F6N3O2S/c23-21(24,25)18(22(26,27)28)33-19(32)30-11-8-20(9-12-30)7-4-10-31(20)13-16-14-34-17(29-16)15-5-2-1-3-6-15/h1-3,5-6,14,18H,4,7-13H2. The molecule has 2 aromatic rings. The van der Waals surface area contributed by atoms with Gasteiger partial charge in [-0.15, -0.1) is 11.3 Å². The van der Waals surface area contributed by atoms with Gasteiger partial charge >= 0.3 is 18.4 Å². The van der Waals surface area contributed by atoms with E-state index in [1.807, 2.05) is 35.7 Å². The number of ether oxygens (including phenoxy) is 1. The van der Waals surface area contributed by atoms with E-state index in [4.69, 9.17) is 4.98 Å². The number of hydrogen-bond donors (Lipinski definition) is 0. The van der Waals surface area contributed by atoms with Crippen LogP contribution >= 0.6 is 11.3 Å². The third kappa shape index (κ3) is 5.32. The Morgan fingerprint density at radius 3 is 2.29 bits per heavy atom. The molecule has 5 nitrogen and oxygen atoms in total. The number of hydrogen-bond acceptors (Lipinski definition) is 5. The van der Waals surface area contributed by atoms with E-state index in [1.165, 1.54) is 0 Å². The number of likely N-dealkylation sites (tertiary alicyclic amines) is 2. The van der Waals surface area contributed by atoms with Crippen LogP contribution in [0.2, 0.25) is 0 Å². The van der Waals surface area contributed by atoms with E-state index >= 15 is 0 Å². The number of thiazole rings is 1. The molecule has 2 fully saturated rings. The van der Waals surface area contributed by atoms with E-state index in [2.05, 4.69) is 9.64 Å². The number of rotatable bonds is 4. The van der Waals surface area contributed by atoms with Gasteiger partial charge in [0.2, 0.25) is 0 Å². The molecule has 1 spiro atoms. The number of carbonyl (C=O) groups is 1. The molecule has 4 rings (SSSR count). The first-order valence-electron chi connectivity index (χ1n) is 10.8. The van der Waals surface area contributed by atoms with Gasteiger partial charge in [-0.2, -0.15) is 26.3 Å². The molecule has 34 heavy (non-hydrogen) atoms. The van der Waals surface area contributed by atoms with E-state index < -0.39 is 24.5 Å². The summed E-state index contributed by atoms with van der Waals surface area (Å²) >= 11 is 1.54. The maximum Gasteiger partial charge on any atom is 0.434 e. The highest BCUT2D eigenvalue weighted by Crippen LogP contribution is 2.41. The maximum absolute atomic E-state index is 12.7. The zero-order valence-corrected chi connectivity index (χ0v) is 18.8. The Morgan fingerprint density at radius 1 is 1.03 bits per heavy atom. The zero-order valence-electron chi connectivity index (χ0n) is 18.0. The number of halogens is 6. The summed E-state index contributed by atoms with van der Waals surface area (Å²) in [4.78, 5) is 20.0. The third-order valence-corrected chi connectivity index (χ3v) is 7.37. The highest BCUT2D eigenvalue weighted by molar-refractivity contribution is 7.13. The van der Waals surface area contributed by atoms with Crippen molar-refractivity contribution < 1.29 is 35.9 Å². The molecule has 0 atom stereocenters. The summed E-state index contributed by atoms with van der Waals surface area (Å²) in [6, 6.07) is 9.78. The van der Waals surface area contributed by atoms with Crippen molar-refractivity contribution >= 4 is 17.4 Å². The molecule has 1 amide bonds. The average molecular weight is 508 g/mol. The molecule has 1 aromatic heterocycles. The molecule has 0 bridgehead atoms. The second-order valence-electron chi connectivity index (χ2n) is 8.59. The molecule has 2 saturated heterocycles. The molecule has 186 valence electrons. The van der Waals surface area contributed by atoms with Crippen molar-refractivity contribution in [1.82, 2.24) is 14.8 Å². The van der Waals surface area contributed by atoms with Crippen LogP contribution in [0, 0.1) is 0 Å². The average Bonchev–Trinajstić information content (AvgIpc) is 3.39. The van der Waals surface area contributed by atoms with Crippen LogP contribution in [0.1, 0.15) is 31.4 Å². The van der Waals surface area contributed by atoms with Crippen molar-refractivity contribution in [2.75, 3.05) is 19.6 Å². The minimum Gasteiger partial charge on any atom is -0.426 e. The number of nitrogens with zero attached hydrogens (tertiary/aromatic N) is 3. The first-order chi connectivity index (χ1) is 16.0. The number of carbonyl (C=O) groups excluding carboxylic acids is 1. The Hall–Kier alpha value is -2.34. The van der Waals surface area contributed by atoms with Gasteiger partial charge in [0.1, 0.15) is 5.01 Å². The van der Waals surface area contributed by atoms with Gasteiger partial charge in [-0.05, 0) is 32.2 Å². The number of amides is 1. The minimum absolute atomic E-state index is 0.0318. The molecule has 1 aromatic carbocycles. The Balaban J connectivity index is 1.37. The Kier molecular flexibility index (Phi) is 6.83. The second-order valence-corrected chi connectivity index (χ2v) is 9.45. The number of piperidine rings is 1. The fraction of sp³-hybridized carbons (Fsp3) is 0.545. The summed E-state index contributed by atoms with van der Waals surface area (Å²) in [6.45, 7) is 1.47. The van der Waals surface area contributed by atoms with Crippen molar-refractivity contribution in [3.05, 3.63) is 41.4 Å². The van der Waals surface area contributed by atoms with E-state index in [0.29, 0.717) is 19.4 Å². The van der Waals surface area contributed by atoms with Gasteiger partial charge in [0, 0.05) is 36.1 Å². The van der Waals surface area contributed by atoms with Crippen LogP contribution in [-0.2, 0) is 11.3 Å². The Bertz CT molecular complexity index is 973. The van der Waals surface area contributed by atoms with Gasteiger partial charge < -0.3 is 9.64 Å². The Labute approximate surface area is 196 Å². The van der Waals surface area contributed by atoms with Crippen molar-refractivity contribution in [3.63, 3.8) is 0 Å². The predicted molar refractivity (Wildman–Crippen MR) is 113 cm³/mol. The molecular weight excluding hydrogens is 484 g/mol. The molecule has 3 heterocycles. The summed E-state index contributed by atoms with van der Waals surface area (Å²) in [5.74, 6) is 0. The van der Waals surface area contributed by atoms with Crippen LogP contribution in [-0.4, -0.2) is 64.5 Å². The molecule has 0 unspecified atom stereocenters. The SMILES string of the molecule is O=C(OC(C(F)(F)F)C(F)(F)F)N1CCC2(CCCN2Cc2csc(-c3ccccc3)n2)CC1. The molecule has 2 aliphatic heterocycles. The number of alkyl halides is 6. The molecule has 0 radical (unpaired) electrons. The van der Waals surface area contributed by atoms with Crippen LogP contribution in [0.3, 0.4) is 0 Å². The normalized spacial score (nSPS) is 19.2. The first-order valence-corrected chi connectivity index (χ1v) is 11.7.